The fourth-order valence-corrected chi connectivity index (χ4v) is 2.42. The zero-order valence-corrected chi connectivity index (χ0v) is 14.9. The second kappa shape index (κ2) is 10.3. The third-order valence-corrected chi connectivity index (χ3v) is 3.89. The minimum absolute atomic E-state index is 0.199. The first-order valence-corrected chi connectivity index (χ1v) is 8.88. The molecule has 0 bridgehead atoms. The molecule has 138 valence electrons. The van der Waals surface area contributed by atoms with Gasteiger partial charge in [0.25, 0.3) is 11.8 Å². The summed E-state index contributed by atoms with van der Waals surface area (Å²) in [5.41, 5.74) is 1.36. The van der Waals surface area contributed by atoms with Crippen LogP contribution in [0.5, 0.6) is 0 Å². The van der Waals surface area contributed by atoms with Gasteiger partial charge in [0.15, 0.2) is 0 Å². The fraction of sp³-hybridized carbons (Fsp3) is 0.350. The molecule has 26 heavy (non-hydrogen) atoms. The van der Waals surface area contributed by atoms with Gasteiger partial charge in [-0.05, 0) is 42.7 Å². The van der Waals surface area contributed by atoms with Gasteiger partial charge in [-0.3, -0.25) is 9.59 Å². The Kier molecular flexibility index (Phi) is 7.74. The van der Waals surface area contributed by atoms with E-state index in [0.717, 1.165) is 24.8 Å². The molecule has 0 aliphatic rings. The number of hydrogen-bond acceptors (Lipinski definition) is 3. The number of halogens is 1. The average molecular weight is 357 g/mol. The molecule has 0 fully saturated rings. The number of amides is 2. The number of benzene rings is 1. The summed E-state index contributed by atoms with van der Waals surface area (Å²) in [5.74, 6) is -0.901. The van der Waals surface area contributed by atoms with Crippen LogP contribution in [-0.4, -0.2) is 29.9 Å². The van der Waals surface area contributed by atoms with Gasteiger partial charge in [-0.1, -0.05) is 38.0 Å². The first kappa shape index (κ1) is 19.6. The van der Waals surface area contributed by atoms with Crippen LogP contribution in [0.3, 0.4) is 0 Å². The van der Waals surface area contributed by atoms with E-state index in [9.17, 15) is 14.0 Å². The number of pyridine rings is 1. The first-order chi connectivity index (χ1) is 12.6. The third-order valence-electron chi connectivity index (χ3n) is 3.89. The minimum atomic E-state index is -0.340. The van der Waals surface area contributed by atoms with Crippen LogP contribution in [0, 0.1) is 5.82 Å². The van der Waals surface area contributed by atoms with E-state index in [0.29, 0.717) is 19.5 Å². The second-order valence-corrected chi connectivity index (χ2v) is 6.00. The molecular weight excluding hydrogens is 333 g/mol. The molecule has 0 saturated carbocycles. The van der Waals surface area contributed by atoms with Gasteiger partial charge in [0.2, 0.25) is 0 Å². The van der Waals surface area contributed by atoms with E-state index in [4.69, 9.17) is 0 Å². The van der Waals surface area contributed by atoms with Crippen molar-refractivity contribution in [1.29, 1.82) is 0 Å². The molecule has 0 radical (unpaired) electrons. The van der Waals surface area contributed by atoms with Gasteiger partial charge in [0.05, 0.1) is 0 Å². The molecule has 6 heteroatoms. The highest BCUT2D eigenvalue weighted by atomic mass is 19.1. The monoisotopic (exact) mass is 357 g/mol. The smallest absolute Gasteiger partial charge is 0.269 e. The number of aromatic nitrogens is 1. The zero-order chi connectivity index (χ0) is 18.8. The highest BCUT2D eigenvalue weighted by molar-refractivity contribution is 5.96. The van der Waals surface area contributed by atoms with E-state index in [2.05, 4.69) is 22.5 Å². The lowest BCUT2D eigenvalue weighted by atomic mass is 10.1. The maximum atomic E-state index is 12.9. The largest absolute Gasteiger partial charge is 0.351 e. The topological polar surface area (TPSA) is 71.1 Å². The van der Waals surface area contributed by atoms with Crippen LogP contribution in [-0.2, 0) is 6.42 Å². The van der Waals surface area contributed by atoms with Gasteiger partial charge in [0, 0.05) is 13.1 Å². The molecule has 0 saturated heterocycles. The van der Waals surface area contributed by atoms with Crippen LogP contribution < -0.4 is 10.6 Å². The third kappa shape index (κ3) is 6.27. The van der Waals surface area contributed by atoms with Gasteiger partial charge >= 0.3 is 0 Å². The van der Waals surface area contributed by atoms with Gasteiger partial charge < -0.3 is 10.6 Å². The maximum absolute atomic E-state index is 12.9. The van der Waals surface area contributed by atoms with Crippen molar-refractivity contribution in [3.05, 3.63) is 65.2 Å². The Labute approximate surface area is 153 Å². The highest BCUT2D eigenvalue weighted by Gasteiger charge is 2.11. The molecule has 2 N–H and O–H groups in total. The first-order valence-electron chi connectivity index (χ1n) is 8.88. The number of hydrogen-bond donors (Lipinski definition) is 2. The quantitative estimate of drug-likeness (QED) is 0.678. The standard InChI is InChI=1S/C20H24FN3O2/c1-2-3-4-13-22-19(25)17-6-5-7-18(24-17)20(26)23-14-12-15-8-10-16(21)11-9-15/h5-11H,2-4,12-14H2,1H3,(H,22,25)(H,23,26). The molecule has 0 aliphatic carbocycles. The number of carbonyl (C=O) groups excluding carboxylic acids is 2. The second-order valence-electron chi connectivity index (χ2n) is 6.00. The number of nitrogens with one attached hydrogen (secondary N) is 2. The summed E-state index contributed by atoms with van der Waals surface area (Å²) in [6.45, 7) is 3.10. The summed E-state index contributed by atoms with van der Waals surface area (Å²) in [6, 6.07) is 10.9. The van der Waals surface area contributed by atoms with Gasteiger partial charge in [-0.2, -0.15) is 0 Å². The molecule has 5 nitrogen and oxygen atoms in total. The molecule has 0 aliphatic heterocycles. The van der Waals surface area contributed by atoms with E-state index in [1.165, 1.54) is 12.1 Å². The van der Waals surface area contributed by atoms with Crippen molar-refractivity contribution < 1.29 is 14.0 Å². The molecule has 0 spiro atoms. The van der Waals surface area contributed by atoms with Crippen LogP contribution >= 0.6 is 0 Å². The molecule has 1 heterocycles. The zero-order valence-electron chi connectivity index (χ0n) is 14.9. The molecule has 0 atom stereocenters. The summed E-state index contributed by atoms with van der Waals surface area (Å²) in [6.07, 6.45) is 3.65. The molecule has 2 amide bonds. The Morgan fingerprint density at radius 2 is 1.54 bits per heavy atom. The van der Waals surface area contributed by atoms with Crippen LogP contribution in [0.1, 0.15) is 52.7 Å². The van der Waals surface area contributed by atoms with Crippen molar-refractivity contribution in [3.63, 3.8) is 0 Å². The molecule has 0 unspecified atom stereocenters. The Balaban J connectivity index is 1.84. The van der Waals surface area contributed by atoms with E-state index in [-0.39, 0.29) is 29.0 Å². The van der Waals surface area contributed by atoms with Crippen LogP contribution in [0.25, 0.3) is 0 Å². The van der Waals surface area contributed by atoms with E-state index >= 15 is 0 Å². The highest BCUT2D eigenvalue weighted by Crippen LogP contribution is 2.04. The SMILES string of the molecule is CCCCCNC(=O)c1cccc(C(=O)NCCc2ccc(F)cc2)n1. The lowest BCUT2D eigenvalue weighted by Gasteiger charge is -2.07. The lowest BCUT2D eigenvalue weighted by molar-refractivity contribution is 0.0944. The van der Waals surface area contributed by atoms with E-state index in [1.54, 1.807) is 30.3 Å². The van der Waals surface area contributed by atoms with Crippen molar-refractivity contribution in [3.8, 4) is 0 Å². The maximum Gasteiger partial charge on any atom is 0.269 e. The van der Waals surface area contributed by atoms with Crippen molar-refractivity contribution in [2.24, 2.45) is 0 Å². The van der Waals surface area contributed by atoms with E-state index in [1.807, 2.05) is 0 Å². The Morgan fingerprint density at radius 1 is 0.923 bits per heavy atom. The van der Waals surface area contributed by atoms with Crippen LogP contribution in [0.15, 0.2) is 42.5 Å². The Hall–Kier alpha value is -2.76. The van der Waals surface area contributed by atoms with Crippen molar-refractivity contribution in [1.82, 2.24) is 15.6 Å². The summed E-state index contributed by atoms with van der Waals surface area (Å²) in [7, 11) is 0. The van der Waals surface area contributed by atoms with Gasteiger partial charge in [-0.25, -0.2) is 9.37 Å². The molecule has 2 aromatic rings. The summed E-state index contributed by atoms with van der Waals surface area (Å²) >= 11 is 0. The summed E-state index contributed by atoms with van der Waals surface area (Å²) in [5, 5.41) is 5.57. The van der Waals surface area contributed by atoms with Gasteiger partial charge in [-0.15, -0.1) is 0 Å². The molecule has 1 aromatic carbocycles. The molecule has 1 aromatic heterocycles. The van der Waals surface area contributed by atoms with Crippen molar-refractivity contribution >= 4 is 11.8 Å². The predicted molar refractivity (Wildman–Crippen MR) is 98.5 cm³/mol. The number of rotatable bonds is 9. The van der Waals surface area contributed by atoms with Crippen LogP contribution in [0.4, 0.5) is 4.39 Å². The molecular formula is C20H24FN3O2. The molecule has 2 rings (SSSR count). The number of unbranched alkanes of at least 4 members (excludes halogenated alkanes) is 2. The fourth-order valence-electron chi connectivity index (χ4n) is 2.42. The number of nitrogens with zero attached hydrogens (tertiary/aromatic N) is 1. The summed E-state index contributed by atoms with van der Waals surface area (Å²) in [4.78, 5) is 28.4. The predicted octanol–water partition coefficient (Wildman–Crippen LogP) is 3.11. The number of carbonyl (C=O) groups is 2. The summed E-state index contributed by atoms with van der Waals surface area (Å²) < 4.78 is 12.9. The Bertz CT molecular complexity index is 732. The van der Waals surface area contributed by atoms with E-state index < -0.39 is 0 Å². The minimum Gasteiger partial charge on any atom is -0.351 e. The van der Waals surface area contributed by atoms with Crippen molar-refractivity contribution in [2.75, 3.05) is 13.1 Å². The normalized spacial score (nSPS) is 10.4. The average Bonchev–Trinajstić information content (AvgIpc) is 2.66. The lowest BCUT2D eigenvalue weighted by Crippen LogP contribution is -2.29. The van der Waals surface area contributed by atoms with Crippen molar-refractivity contribution in [2.45, 2.75) is 32.6 Å². The van der Waals surface area contributed by atoms with Gasteiger partial charge in [0.1, 0.15) is 17.2 Å². The van der Waals surface area contributed by atoms with Crippen LogP contribution in [0.2, 0.25) is 0 Å². The Morgan fingerprint density at radius 3 is 2.15 bits per heavy atom.